The molecule has 0 bridgehead atoms. The van der Waals surface area contributed by atoms with Gasteiger partial charge in [0.2, 0.25) is 5.91 Å². The van der Waals surface area contributed by atoms with Gasteiger partial charge in [0.25, 0.3) is 0 Å². The van der Waals surface area contributed by atoms with Gasteiger partial charge in [0.15, 0.2) is 0 Å². The SMILES string of the molecule is O=C(NCCOc1ccc(F)cc1)[C@H]1CCCO1. The molecule has 1 amide bonds. The van der Waals surface area contributed by atoms with Gasteiger partial charge in [-0.15, -0.1) is 0 Å². The number of carbonyl (C=O) groups is 1. The van der Waals surface area contributed by atoms with Gasteiger partial charge in [0, 0.05) is 6.61 Å². The van der Waals surface area contributed by atoms with Crippen LogP contribution in [-0.2, 0) is 9.53 Å². The summed E-state index contributed by atoms with van der Waals surface area (Å²) in [5.41, 5.74) is 0. The Morgan fingerprint density at radius 1 is 1.44 bits per heavy atom. The molecule has 1 fully saturated rings. The minimum Gasteiger partial charge on any atom is -0.492 e. The second-order valence-corrected chi connectivity index (χ2v) is 4.10. The van der Waals surface area contributed by atoms with Crippen LogP contribution in [0.3, 0.4) is 0 Å². The zero-order chi connectivity index (χ0) is 12.8. The van der Waals surface area contributed by atoms with E-state index in [1.165, 1.54) is 12.1 Å². The average Bonchev–Trinajstić information content (AvgIpc) is 2.90. The van der Waals surface area contributed by atoms with Crippen molar-refractivity contribution in [3.8, 4) is 5.75 Å². The van der Waals surface area contributed by atoms with E-state index in [9.17, 15) is 9.18 Å². The van der Waals surface area contributed by atoms with Gasteiger partial charge in [-0.05, 0) is 37.1 Å². The first kappa shape index (κ1) is 12.8. The zero-order valence-corrected chi connectivity index (χ0v) is 10.0. The normalized spacial score (nSPS) is 18.6. The molecule has 5 heteroatoms. The van der Waals surface area contributed by atoms with Crippen LogP contribution in [0.25, 0.3) is 0 Å². The molecule has 0 aromatic heterocycles. The van der Waals surface area contributed by atoms with Crippen LogP contribution in [-0.4, -0.2) is 31.8 Å². The Morgan fingerprint density at radius 2 is 2.22 bits per heavy atom. The number of benzene rings is 1. The van der Waals surface area contributed by atoms with Gasteiger partial charge in [-0.3, -0.25) is 4.79 Å². The van der Waals surface area contributed by atoms with Gasteiger partial charge < -0.3 is 14.8 Å². The van der Waals surface area contributed by atoms with Crippen molar-refractivity contribution < 1.29 is 18.7 Å². The van der Waals surface area contributed by atoms with E-state index in [0.29, 0.717) is 25.5 Å². The lowest BCUT2D eigenvalue weighted by molar-refractivity contribution is -0.130. The molecule has 2 rings (SSSR count). The number of nitrogens with one attached hydrogen (secondary N) is 1. The standard InChI is InChI=1S/C13H16FNO3/c14-10-3-5-11(6-4-10)17-9-7-15-13(16)12-2-1-8-18-12/h3-6,12H,1-2,7-9H2,(H,15,16)/t12-/m1/s1. The maximum absolute atomic E-state index is 12.6. The molecule has 4 nitrogen and oxygen atoms in total. The maximum Gasteiger partial charge on any atom is 0.249 e. The highest BCUT2D eigenvalue weighted by atomic mass is 19.1. The van der Waals surface area contributed by atoms with E-state index in [4.69, 9.17) is 9.47 Å². The quantitative estimate of drug-likeness (QED) is 0.809. The monoisotopic (exact) mass is 253 g/mol. The molecule has 1 heterocycles. The predicted octanol–water partition coefficient (Wildman–Crippen LogP) is 1.50. The van der Waals surface area contributed by atoms with Crippen LogP contribution < -0.4 is 10.1 Å². The molecular formula is C13H16FNO3. The Hall–Kier alpha value is -1.62. The van der Waals surface area contributed by atoms with Crippen molar-refractivity contribution in [1.82, 2.24) is 5.32 Å². The van der Waals surface area contributed by atoms with E-state index in [1.807, 2.05) is 0 Å². The predicted molar refractivity (Wildman–Crippen MR) is 63.9 cm³/mol. The second-order valence-electron chi connectivity index (χ2n) is 4.10. The average molecular weight is 253 g/mol. The van der Waals surface area contributed by atoms with Crippen LogP contribution in [0.2, 0.25) is 0 Å². The fraction of sp³-hybridized carbons (Fsp3) is 0.462. The van der Waals surface area contributed by atoms with Gasteiger partial charge in [0.05, 0.1) is 6.54 Å². The molecule has 0 unspecified atom stereocenters. The van der Waals surface area contributed by atoms with Crippen LogP contribution in [0, 0.1) is 5.82 Å². The number of rotatable bonds is 5. The number of hydrogen-bond acceptors (Lipinski definition) is 3. The van der Waals surface area contributed by atoms with Gasteiger partial charge >= 0.3 is 0 Å². The summed E-state index contributed by atoms with van der Waals surface area (Å²) in [6.07, 6.45) is 1.41. The van der Waals surface area contributed by atoms with E-state index in [2.05, 4.69) is 5.32 Å². The van der Waals surface area contributed by atoms with Crippen molar-refractivity contribution in [1.29, 1.82) is 0 Å². The number of amides is 1. The third-order valence-corrected chi connectivity index (χ3v) is 2.71. The van der Waals surface area contributed by atoms with Crippen LogP contribution in [0.1, 0.15) is 12.8 Å². The summed E-state index contributed by atoms with van der Waals surface area (Å²) in [6.45, 7) is 1.42. The molecule has 0 saturated carbocycles. The molecule has 1 aromatic carbocycles. The zero-order valence-electron chi connectivity index (χ0n) is 10.0. The molecule has 0 spiro atoms. The number of ether oxygens (including phenoxy) is 2. The highest BCUT2D eigenvalue weighted by Crippen LogP contribution is 2.12. The van der Waals surface area contributed by atoms with E-state index >= 15 is 0 Å². The summed E-state index contributed by atoms with van der Waals surface area (Å²) < 4.78 is 23.2. The van der Waals surface area contributed by atoms with E-state index in [-0.39, 0.29) is 17.8 Å². The van der Waals surface area contributed by atoms with Crippen LogP contribution in [0.15, 0.2) is 24.3 Å². The third kappa shape index (κ3) is 3.70. The molecule has 0 aliphatic carbocycles. The third-order valence-electron chi connectivity index (χ3n) is 2.71. The largest absolute Gasteiger partial charge is 0.492 e. The Labute approximate surface area is 105 Å². The molecular weight excluding hydrogens is 237 g/mol. The lowest BCUT2D eigenvalue weighted by Crippen LogP contribution is -2.36. The van der Waals surface area contributed by atoms with Crippen LogP contribution in [0.4, 0.5) is 4.39 Å². The minimum atomic E-state index is -0.309. The fourth-order valence-electron chi connectivity index (χ4n) is 1.77. The van der Waals surface area contributed by atoms with Gasteiger partial charge in [0.1, 0.15) is 24.3 Å². The van der Waals surface area contributed by atoms with Crippen molar-refractivity contribution in [3.63, 3.8) is 0 Å². The van der Waals surface area contributed by atoms with Crippen LogP contribution in [0.5, 0.6) is 5.75 Å². The summed E-state index contributed by atoms with van der Waals surface area (Å²) in [5.74, 6) is 0.201. The molecule has 0 radical (unpaired) electrons. The smallest absolute Gasteiger partial charge is 0.249 e. The molecule has 98 valence electrons. The molecule has 18 heavy (non-hydrogen) atoms. The number of carbonyl (C=O) groups excluding carboxylic acids is 1. The highest BCUT2D eigenvalue weighted by molar-refractivity contribution is 5.80. The van der Waals surface area contributed by atoms with E-state index in [0.717, 1.165) is 12.8 Å². The van der Waals surface area contributed by atoms with Crippen molar-refractivity contribution in [3.05, 3.63) is 30.1 Å². The summed E-state index contributed by atoms with van der Waals surface area (Å²) >= 11 is 0. The summed E-state index contributed by atoms with van der Waals surface area (Å²) in [6, 6.07) is 5.77. The Bertz CT molecular complexity index is 388. The molecule has 1 aliphatic rings. The first-order chi connectivity index (χ1) is 8.75. The summed E-state index contributed by atoms with van der Waals surface area (Å²) in [4.78, 5) is 11.6. The van der Waals surface area contributed by atoms with Gasteiger partial charge in [-0.2, -0.15) is 0 Å². The first-order valence-corrected chi connectivity index (χ1v) is 6.03. The Balaban J connectivity index is 1.63. The minimum absolute atomic E-state index is 0.0878. The van der Waals surface area contributed by atoms with Crippen LogP contribution >= 0.6 is 0 Å². The second kappa shape index (κ2) is 6.35. The molecule has 1 atom stereocenters. The van der Waals surface area contributed by atoms with E-state index < -0.39 is 0 Å². The van der Waals surface area contributed by atoms with Gasteiger partial charge in [-0.1, -0.05) is 0 Å². The Morgan fingerprint density at radius 3 is 2.89 bits per heavy atom. The molecule has 1 aliphatic heterocycles. The van der Waals surface area contributed by atoms with Crippen molar-refractivity contribution in [2.24, 2.45) is 0 Å². The first-order valence-electron chi connectivity index (χ1n) is 6.03. The number of hydrogen-bond donors (Lipinski definition) is 1. The fourth-order valence-corrected chi connectivity index (χ4v) is 1.77. The van der Waals surface area contributed by atoms with Crippen molar-refractivity contribution in [2.75, 3.05) is 19.8 Å². The summed E-state index contributed by atoms with van der Waals surface area (Å²) in [5, 5.41) is 2.74. The highest BCUT2D eigenvalue weighted by Gasteiger charge is 2.22. The Kier molecular flexibility index (Phi) is 4.52. The molecule has 1 N–H and O–H groups in total. The van der Waals surface area contributed by atoms with Gasteiger partial charge in [-0.25, -0.2) is 4.39 Å². The van der Waals surface area contributed by atoms with Crippen molar-refractivity contribution >= 4 is 5.91 Å². The lowest BCUT2D eigenvalue weighted by Gasteiger charge is -2.11. The topological polar surface area (TPSA) is 47.6 Å². The molecule has 1 aromatic rings. The van der Waals surface area contributed by atoms with Crippen molar-refractivity contribution in [2.45, 2.75) is 18.9 Å². The lowest BCUT2D eigenvalue weighted by atomic mass is 10.2. The number of halogens is 1. The molecule has 1 saturated heterocycles. The van der Waals surface area contributed by atoms with E-state index in [1.54, 1.807) is 12.1 Å². The maximum atomic E-state index is 12.6. The summed E-state index contributed by atoms with van der Waals surface area (Å²) in [7, 11) is 0.